The Morgan fingerprint density at radius 1 is 1.06 bits per heavy atom. The molecule has 1 aromatic heterocycles. The van der Waals surface area contributed by atoms with Crippen molar-refractivity contribution in [1.82, 2.24) is 25.4 Å². The Labute approximate surface area is 306 Å². The van der Waals surface area contributed by atoms with Gasteiger partial charge in [-0.2, -0.15) is 0 Å². The molecule has 0 saturated carbocycles. The molecule has 3 heterocycles. The second kappa shape index (κ2) is 15.7. The summed E-state index contributed by atoms with van der Waals surface area (Å²) in [5.74, 6) is -6.40. The maximum atomic E-state index is 13.4. The Hall–Kier alpha value is -4.62. The second-order valence-electron chi connectivity index (χ2n) is 10.1. The van der Waals surface area contributed by atoms with Gasteiger partial charge >= 0.3 is 41.5 Å². The third kappa shape index (κ3) is 7.83. The number of hydrogen-bond acceptors (Lipinski definition) is 13. The first-order valence-corrected chi connectivity index (χ1v) is 15.2. The zero-order valence-electron chi connectivity index (χ0n) is 25.6. The van der Waals surface area contributed by atoms with Crippen LogP contribution in [0.5, 0.6) is 5.75 Å². The van der Waals surface area contributed by atoms with Gasteiger partial charge in [0.1, 0.15) is 24.0 Å². The van der Waals surface area contributed by atoms with E-state index in [1.54, 1.807) is 18.2 Å². The third-order valence-corrected chi connectivity index (χ3v) is 8.84. The number of thioether (sulfide) groups is 1. The Morgan fingerprint density at radius 3 is 2.45 bits per heavy atom. The van der Waals surface area contributed by atoms with Crippen LogP contribution in [-0.4, -0.2) is 76.0 Å². The molecular formula is C29H23ClN5NaO12S. The molecule has 0 spiro atoms. The summed E-state index contributed by atoms with van der Waals surface area (Å²) in [4.78, 5) is 101. The SMILES string of the molecule is COC(=O)Oc1cccc2c(=O)n(CC(=O)NCC(=O)N[C@@H](C(=O)N[C@@H]3C(=O)N4C(C(=O)[O-])=C(Cl)CS[C@H]34)c3ccccc3)c(=O)oc12.[Na+]. The Kier molecular flexibility index (Phi) is 11.9. The first-order chi connectivity index (χ1) is 22.9. The van der Waals surface area contributed by atoms with Gasteiger partial charge < -0.3 is 39.7 Å². The van der Waals surface area contributed by atoms with Crippen LogP contribution in [0, 0.1) is 0 Å². The molecule has 1 fully saturated rings. The van der Waals surface area contributed by atoms with Gasteiger partial charge in [-0.1, -0.05) is 48.0 Å². The molecule has 3 N–H and O–H groups in total. The second-order valence-corrected chi connectivity index (χ2v) is 11.6. The summed E-state index contributed by atoms with van der Waals surface area (Å²) in [7, 11) is 1.05. The van der Waals surface area contributed by atoms with E-state index in [0.717, 1.165) is 23.8 Å². The monoisotopic (exact) mass is 723 g/mol. The van der Waals surface area contributed by atoms with Gasteiger partial charge in [0.05, 0.1) is 35.7 Å². The first-order valence-electron chi connectivity index (χ1n) is 13.8. The minimum Gasteiger partial charge on any atom is -0.543 e. The van der Waals surface area contributed by atoms with Gasteiger partial charge in [0, 0.05) is 5.75 Å². The van der Waals surface area contributed by atoms with Crippen molar-refractivity contribution in [2.45, 2.75) is 24.0 Å². The van der Waals surface area contributed by atoms with Crippen molar-refractivity contribution in [3.05, 3.63) is 85.7 Å². The summed E-state index contributed by atoms with van der Waals surface area (Å²) in [6.45, 7) is -1.53. The van der Waals surface area contributed by atoms with Gasteiger partial charge in [-0.25, -0.2) is 14.2 Å². The number of aliphatic carboxylic acids is 1. The van der Waals surface area contributed by atoms with E-state index in [-0.39, 0.29) is 57.1 Å². The van der Waals surface area contributed by atoms with E-state index >= 15 is 0 Å². The van der Waals surface area contributed by atoms with Crippen LogP contribution in [0.4, 0.5) is 4.79 Å². The van der Waals surface area contributed by atoms with Crippen molar-refractivity contribution < 1.29 is 77.3 Å². The predicted molar refractivity (Wildman–Crippen MR) is 163 cm³/mol. The molecule has 20 heteroatoms. The quantitative estimate of drug-likeness (QED) is 0.0778. The number of carboxylic acids is 1. The van der Waals surface area contributed by atoms with Crippen molar-refractivity contribution in [3.8, 4) is 5.75 Å². The van der Waals surface area contributed by atoms with Crippen LogP contribution in [0.1, 0.15) is 11.6 Å². The zero-order valence-corrected chi connectivity index (χ0v) is 29.1. The number of β-lactam (4-membered cyclic amide) rings is 1. The van der Waals surface area contributed by atoms with Crippen molar-refractivity contribution in [1.29, 1.82) is 0 Å². The topological polar surface area (TPSA) is 235 Å². The Morgan fingerprint density at radius 2 is 1.78 bits per heavy atom. The molecule has 2 aliphatic rings. The number of carbonyl (C=O) groups is 6. The number of nitrogens with one attached hydrogen (secondary N) is 3. The van der Waals surface area contributed by atoms with E-state index in [1.165, 1.54) is 30.3 Å². The molecule has 4 amide bonds. The number of fused-ring (bicyclic) bond motifs is 2. The number of para-hydroxylation sites is 1. The number of halogens is 1. The normalized spacial score (nSPS) is 17.1. The average molecular weight is 724 g/mol. The minimum absolute atomic E-state index is 0. The van der Waals surface area contributed by atoms with Gasteiger partial charge in [0.15, 0.2) is 11.3 Å². The zero-order chi connectivity index (χ0) is 34.7. The standard InChI is InChI=1S/C29H24ClN5O12S.Na/c1-45-29(44)46-16-9-5-8-14-22(16)47-28(43)34(24(14)39)11-18(37)31-10-17(36)32-19(13-6-3-2-4-7-13)23(38)33-20-25(40)35-21(27(41)42)15(30)12-48-26(20)35;/h2-9,19-20,26H,10-12H2,1H3,(H,31,37)(H,32,36)(H,33,38)(H,41,42);/q;+1/p-1/t19-,20-,26-;/m1./s1. The molecule has 0 aliphatic carbocycles. The van der Waals surface area contributed by atoms with Crippen molar-refractivity contribution in [3.63, 3.8) is 0 Å². The fourth-order valence-corrected chi connectivity index (χ4v) is 6.40. The summed E-state index contributed by atoms with van der Waals surface area (Å²) in [6, 6.07) is 9.36. The van der Waals surface area contributed by atoms with Crippen LogP contribution < -0.4 is 66.7 Å². The molecular weight excluding hydrogens is 701 g/mol. The molecule has 250 valence electrons. The van der Waals surface area contributed by atoms with E-state index < -0.39 is 83.3 Å². The maximum absolute atomic E-state index is 13.4. The third-order valence-electron chi connectivity index (χ3n) is 7.09. The number of carbonyl (C=O) groups excluding carboxylic acids is 6. The van der Waals surface area contributed by atoms with E-state index in [2.05, 4.69) is 20.7 Å². The number of nitrogens with zero attached hydrogens (tertiary/aromatic N) is 2. The molecule has 2 aliphatic heterocycles. The molecule has 3 atom stereocenters. The van der Waals surface area contributed by atoms with Crippen LogP contribution >= 0.6 is 23.4 Å². The molecule has 0 bridgehead atoms. The fourth-order valence-electron chi connectivity index (χ4n) is 4.85. The van der Waals surface area contributed by atoms with Crippen molar-refractivity contribution in [2.75, 3.05) is 19.4 Å². The van der Waals surface area contributed by atoms with E-state index in [9.17, 15) is 43.5 Å². The van der Waals surface area contributed by atoms with E-state index in [0.29, 0.717) is 10.1 Å². The van der Waals surface area contributed by atoms with Crippen molar-refractivity contribution in [2.24, 2.45) is 0 Å². The van der Waals surface area contributed by atoms with Crippen LogP contribution in [0.15, 0.2) is 73.3 Å². The van der Waals surface area contributed by atoms with E-state index in [1.807, 2.05) is 0 Å². The predicted octanol–water partition coefficient (Wildman–Crippen LogP) is -4.32. The van der Waals surface area contributed by atoms with Gasteiger partial charge in [0.25, 0.3) is 11.5 Å². The molecule has 1 saturated heterocycles. The number of benzene rings is 2. The summed E-state index contributed by atoms with van der Waals surface area (Å²) in [5.41, 5.74) is -1.44. The average Bonchev–Trinajstić information content (AvgIpc) is 3.07. The minimum atomic E-state index is -1.63. The van der Waals surface area contributed by atoms with Crippen LogP contribution in [-0.2, 0) is 35.3 Å². The first kappa shape index (κ1) is 37.2. The summed E-state index contributed by atoms with van der Waals surface area (Å²) in [5, 5.41) is 17.7. The number of carboxylic acid groups (broad SMARTS) is 1. The maximum Gasteiger partial charge on any atom is 1.00 e. The number of ether oxygens (including phenoxy) is 2. The number of rotatable bonds is 10. The Balaban J connectivity index is 0.00000541. The number of amides is 4. The van der Waals surface area contributed by atoms with Gasteiger partial charge in [-0.15, -0.1) is 11.8 Å². The number of methoxy groups -OCH3 is 1. The Bertz CT molecular complexity index is 2000. The van der Waals surface area contributed by atoms with E-state index in [4.69, 9.17) is 20.8 Å². The molecule has 5 rings (SSSR count). The van der Waals surface area contributed by atoms with Crippen LogP contribution in [0.3, 0.4) is 0 Å². The summed E-state index contributed by atoms with van der Waals surface area (Å²) in [6.07, 6.45) is -1.12. The van der Waals surface area contributed by atoms with Gasteiger partial charge in [0.2, 0.25) is 17.7 Å². The largest absolute Gasteiger partial charge is 1.00 e. The molecule has 0 unspecified atom stereocenters. The molecule has 3 aromatic rings. The molecule has 0 radical (unpaired) electrons. The van der Waals surface area contributed by atoms with Crippen molar-refractivity contribution >= 4 is 70.1 Å². The smallest absolute Gasteiger partial charge is 0.543 e. The van der Waals surface area contributed by atoms with Crippen LogP contribution in [0.25, 0.3) is 11.0 Å². The number of hydrogen-bond donors (Lipinski definition) is 3. The summed E-state index contributed by atoms with van der Waals surface area (Å²) >= 11 is 7.10. The van der Waals surface area contributed by atoms with Crippen LogP contribution in [0.2, 0.25) is 0 Å². The fraction of sp³-hybridized carbons (Fsp3) is 0.241. The molecule has 2 aromatic carbocycles. The van der Waals surface area contributed by atoms with Gasteiger partial charge in [-0.3, -0.25) is 28.9 Å². The van der Waals surface area contributed by atoms with Gasteiger partial charge in [-0.05, 0) is 17.7 Å². The summed E-state index contributed by atoms with van der Waals surface area (Å²) < 4.78 is 14.9. The molecule has 49 heavy (non-hydrogen) atoms. The number of aromatic nitrogens is 1. The molecule has 17 nitrogen and oxygen atoms in total.